The molecule has 0 amide bonds. The van der Waals surface area contributed by atoms with E-state index < -0.39 is 0 Å². The second-order valence-electron chi connectivity index (χ2n) is 5.69. The molecule has 0 saturated heterocycles. The van der Waals surface area contributed by atoms with Crippen LogP contribution < -0.4 is 15.4 Å². The maximum atomic E-state index is 5.68. The largest absolute Gasteiger partial charge is 0.494 e. The zero-order valence-electron chi connectivity index (χ0n) is 15.6. The lowest BCUT2D eigenvalue weighted by molar-refractivity contribution is 0.317. The Morgan fingerprint density at radius 2 is 2.00 bits per heavy atom. The van der Waals surface area contributed by atoms with Crippen molar-refractivity contribution in [1.29, 1.82) is 0 Å². The Hall–Kier alpha value is -1.83. The Bertz CT molecular complexity index is 649. The second kappa shape index (κ2) is 13.4. The minimum Gasteiger partial charge on any atom is -0.494 e. The fraction of sp³-hybridized carbons (Fsp3) is 0.400. The molecule has 0 aliphatic carbocycles. The zero-order chi connectivity index (χ0) is 17.7. The van der Waals surface area contributed by atoms with Gasteiger partial charge < -0.3 is 15.4 Å². The molecule has 0 bridgehead atoms. The molecule has 2 rings (SSSR count). The van der Waals surface area contributed by atoms with Crippen LogP contribution in [0.25, 0.3) is 0 Å². The fourth-order valence-electron chi connectivity index (χ4n) is 2.32. The Morgan fingerprint density at radius 1 is 1.12 bits per heavy atom. The van der Waals surface area contributed by atoms with Crippen LogP contribution in [-0.2, 0) is 13.0 Å². The molecule has 0 aliphatic rings. The summed E-state index contributed by atoms with van der Waals surface area (Å²) in [7, 11) is 0. The van der Waals surface area contributed by atoms with Crippen molar-refractivity contribution >= 4 is 29.9 Å². The Balaban J connectivity index is 0.00000338. The van der Waals surface area contributed by atoms with Gasteiger partial charge in [-0.3, -0.25) is 4.98 Å². The van der Waals surface area contributed by atoms with Crippen LogP contribution in [0.2, 0.25) is 0 Å². The number of nitrogens with one attached hydrogen (secondary N) is 2. The molecule has 0 radical (unpaired) electrons. The summed E-state index contributed by atoms with van der Waals surface area (Å²) in [5, 5.41) is 6.63. The van der Waals surface area contributed by atoms with Crippen molar-refractivity contribution in [3.63, 3.8) is 0 Å². The number of hydrogen-bond acceptors (Lipinski definition) is 3. The SMILES string of the molecule is CCCOc1cccc(CN=C(NCC)NCCc2ccccn2)c1.I. The molecule has 142 valence electrons. The van der Waals surface area contributed by atoms with Gasteiger partial charge in [-0.05, 0) is 43.2 Å². The second-order valence-corrected chi connectivity index (χ2v) is 5.69. The normalized spacial score (nSPS) is 10.8. The third kappa shape index (κ3) is 8.51. The fourth-order valence-corrected chi connectivity index (χ4v) is 2.32. The number of nitrogens with zero attached hydrogens (tertiary/aromatic N) is 2. The summed E-state index contributed by atoms with van der Waals surface area (Å²) in [5.74, 6) is 1.72. The lowest BCUT2D eigenvalue weighted by Gasteiger charge is -2.11. The zero-order valence-corrected chi connectivity index (χ0v) is 17.9. The summed E-state index contributed by atoms with van der Waals surface area (Å²) in [4.78, 5) is 8.99. The van der Waals surface area contributed by atoms with Gasteiger partial charge in [0, 0.05) is 31.4 Å². The molecule has 0 unspecified atom stereocenters. The third-order valence-corrected chi connectivity index (χ3v) is 3.54. The third-order valence-electron chi connectivity index (χ3n) is 3.54. The first-order valence-electron chi connectivity index (χ1n) is 8.95. The Kier molecular flexibility index (Phi) is 11.4. The molecule has 1 heterocycles. The first-order chi connectivity index (χ1) is 12.3. The van der Waals surface area contributed by atoms with Gasteiger partial charge in [0.25, 0.3) is 0 Å². The molecular formula is C20H29IN4O. The van der Waals surface area contributed by atoms with Crippen LogP contribution in [0.5, 0.6) is 5.75 Å². The van der Waals surface area contributed by atoms with E-state index in [0.29, 0.717) is 6.54 Å². The number of halogens is 1. The summed E-state index contributed by atoms with van der Waals surface area (Å²) in [6, 6.07) is 14.1. The van der Waals surface area contributed by atoms with Crippen molar-refractivity contribution in [2.75, 3.05) is 19.7 Å². The lowest BCUT2D eigenvalue weighted by atomic mass is 10.2. The average Bonchev–Trinajstić information content (AvgIpc) is 2.65. The highest BCUT2D eigenvalue weighted by atomic mass is 127. The van der Waals surface area contributed by atoms with Crippen molar-refractivity contribution in [2.45, 2.75) is 33.2 Å². The number of hydrogen-bond donors (Lipinski definition) is 2. The Labute approximate surface area is 173 Å². The van der Waals surface area contributed by atoms with Gasteiger partial charge in [0.15, 0.2) is 5.96 Å². The maximum absolute atomic E-state index is 5.68. The van der Waals surface area contributed by atoms with E-state index >= 15 is 0 Å². The molecule has 1 aromatic heterocycles. The number of aromatic nitrogens is 1. The molecular weight excluding hydrogens is 439 g/mol. The van der Waals surface area contributed by atoms with E-state index in [9.17, 15) is 0 Å². The molecule has 26 heavy (non-hydrogen) atoms. The topological polar surface area (TPSA) is 58.5 Å². The quantitative estimate of drug-likeness (QED) is 0.334. The van der Waals surface area contributed by atoms with E-state index in [0.717, 1.165) is 55.5 Å². The minimum absolute atomic E-state index is 0. The van der Waals surface area contributed by atoms with Crippen LogP contribution in [0.3, 0.4) is 0 Å². The van der Waals surface area contributed by atoms with E-state index in [4.69, 9.17) is 4.74 Å². The standard InChI is InChI=1S/C20H28N4O.HI/c1-3-14-25-19-10-7-8-17(15-19)16-24-20(21-4-2)23-13-11-18-9-5-6-12-22-18;/h5-10,12,15H,3-4,11,13-14,16H2,1-2H3,(H2,21,23,24);1H. The Morgan fingerprint density at radius 3 is 2.73 bits per heavy atom. The van der Waals surface area contributed by atoms with Crippen LogP contribution in [0.1, 0.15) is 31.5 Å². The van der Waals surface area contributed by atoms with Crippen LogP contribution in [0.4, 0.5) is 0 Å². The van der Waals surface area contributed by atoms with E-state index in [1.54, 1.807) is 0 Å². The summed E-state index contributed by atoms with van der Waals surface area (Å²) >= 11 is 0. The molecule has 1 aromatic carbocycles. The summed E-state index contributed by atoms with van der Waals surface area (Å²) in [6.07, 6.45) is 3.70. The first-order valence-corrected chi connectivity index (χ1v) is 8.95. The molecule has 2 N–H and O–H groups in total. The molecule has 0 spiro atoms. The van der Waals surface area contributed by atoms with E-state index in [2.05, 4.69) is 46.6 Å². The summed E-state index contributed by atoms with van der Waals surface area (Å²) < 4.78 is 5.68. The predicted molar refractivity (Wildman–Crippen MR) is 118 cm³/mol. The molecule has 5 nitrogen and oxygen atoms in total. The van der Waals surface area contributed by atoms with Crippen molar-refractivity contribution < 1.29 is 4.74 Å². The number of ether oxygens (including phenoxy) is 1. The molecule has 6 heteroatoms. The minimum atomic E-state index is 0. The number of pyridine rings is 1. The number of aliphatic imine (C=N–C) groups is 1. The molecule has 2 aromatic rings. The highest BCUT2D eigenvalue weighted by Crippen LogP contribution is 2.14. The van der Waals surface area contributed by atoms with Gasteiger partial charge >= 0.3 is 0 Å². The molecule has 0 saturated carbocycles. The van der Waals surface area contributed by atoms with Crippen molar-refractivity contribution in [2.24, 2.45) is 4.99 Å². The van der Waals surface area contributed by atoms with E-state index in [1.807, 2.05) is 36.5 Å². The average molecular weight is 468 g/mol. The summed E-state index contributed by atoms with van der Waals surface area (Å²) in [6.45, 7) is 7.15. The van der Waals surface area contributed by atoms with Gasteiger partial charge in [0.05, 0.1) is 13.2 Å². The summed E-state index contributed by atoms with van der Waals surface area (Å²) in [5.41, 5.74) is 2.21. The van der Waals surface area contributed by atoms with Gasteiger partial charge in [-0.15, -0.1) is 24.0 Å². The molecule has 0 aliphatic heterocycles. The van der Waals surface area contributed by atoms with Crippen LogP contribution in [0.15, 0.2) is 53.7 Å². The maximum Gasteiger partial charge on any atom is 0.191 e. The van der Waals surface area contributed by atoms with E-state index in [-0.39, 0.29) is 24.0 Å². The van der Waals surface area contributed by atoms with E-state index in [1.165, 1.54) is 0 Å². The highest BCUT2D eigenvalue weighted by molar-refractivity contribution is 14.0. The van der Waals surface area contributed by atoms with Crippen molar-refractivity contribution in [3.8, 4) is 5.75 Å². The molecule has 0 atom stereocenters. The highest BCUT2D eigenvalue weighted by Gasteiger charge is 2.00. The molecule has 0 fully saturated rings. The van der Waals surface area contributed by atoms with Gasteiger partial charge in [0.1, 0.15) is 5.75 Å². The van der Waals surface area contributed by atoms with Gasteiger partial charge in [-0.25, -0.2) is 4.99 Å². The predicted octanol–water partition coefficient (Wildman–Crippen LogP) is 3.79. The van der Waals surface area contributed by atoms with Gasteiger partial charge in [0.2, 0.25) is 0 Å². The van der Waals surface area contributed by atoms with Crippen LogP contribution in [-0.4, -0.2) is 30.6 Å². The lowest BCUT2D eigenvalue weighted by Crippen LogP contribution is -2.38. The number of rotatable bonds is 9. The van der Waals surface area contributed by atoms with Crippen LogP contribution >= 0.6 is 24.0 Å². The van der Waals surface area contributed by atoms with Gasteiger partial charge in [-0.2, -0.15) is 0 Å². The van der Waals surface area contributed by atoms with Gasteiger partial charge in [-0.1, -0.05) is 25.1 Å². The first kappa shape index (κ1) is 22.2. The smallest absolute Gasteiger partial charge is 0.191 e. The van der Waals surface area contributed by atoms with Crippen molar-refractivity contribution in [3.05, 3.63) is 59.9 Å². The van der Waals surface area contributed by atoms with Crippen molar-refractivity contribution in [1.82, 2.24) is 15.6 Å². The number of benzene rings is 1. The van der Waals surface area contributed by atoms with Crippen LogP contribution in [0, 0.1) is 0 Å². The monoisotopic (exact) mass is 468 g/mol. The number of guanidine groups is 1.